The van der Waals surface area contributed by atoms with E-state index in [2.05, 4.69) is 10.6 Å². The van der Waals surface area contributed by atoms with E-state index in [4.69, 9.17) is 4.74 Å². The van der Waals surface area contributed by atoms with Gasteiger partial charge < -0.3 is 20.5 Å². The standard InChI is InChI=1S/C20H21FN2O4/c1-2-27-19(25)11-8-14-6-9-17(10-7-14)23-20(26)22-13-18(24)15-4-3-5-16(21)12-15/h3-12,18,24H,2,13H2,1H3,(H2,22,23,26). The van der Waals surface area contributed by atoms with Crippen LogP contribution >= 0.6 is 0 Å². The second kappa shape index (κ2) is 10.1. The molecule has 0 aliphatic rings. The lowest BCUT2D eigenvalue weighted by Crippen LogP contribution is -2.32. The van der Waals surface area contributed by atoms with Gasteiger partial charge in [0.1, 0.15) is 5.82 Å². The Morgan fingerprint density at radius 3 is 2.63 bits per heavy atom. The van der Waals surface area contributed by atoms with Crippen LogP contribution in [-0.4, -0.2) is 30.3 Å². The minimum absolute atomic E-state index is 0.0599. The summed E-state index contributed by atoms with van der Waals surface area (Å²) in [4.78, 5) is 23.2. The first kappa shape index (κ1) is 20.1. The molecule has 2 aromatic carbocycles. The number of urea groups is 1. The third kappa shape index (κ3) is 6.91. The minimum atomic E-state index is -1.01. The Morgan fingerprint density at radius 1 is 1.22 bits per heavy atom. The molecule has 0 fully saturated rings. The lowest BCUT2D eigenvalue weighted by molar-refractivity contribution is -0.137. The van der Waals surface area contributed by atoms with Crippen molar-refractivity contribution in [3.63, 3.8) is 0 Å². The van der Waals surface area contributed by atoms with Crippen LogP contribution in [0.5, 0.6) is 0 Å². The Kier molecular flexibility index (Phi) is 7.51. The molecule has 0 aliphatic carbocycles. The number of carbonyl (C=O) groups is 2. The third-order valence-electron chi connectivity index (χ3n) is 3.56. The predicted molar refractivity (Wildman–Crippen MR) is 100 cm³/mol. The molecule has 6 nitrogen and oxygen atoms in total. The summed E-state index contributed by atoms with van der Waals surface area (Å²) in [5, 5.41) is 15.1. The molecule has 1 atom stereocenters. The van der Waals surface area contributed by atoms with Crippen LogP contribution < -0.4 is 10.6 Å². The number of ether oxygens (including phenoxy) is 1. The van der Waals surface area contributed by atoms with Crippen LogP contribution in [0.15, 0.2) is 54.6 Å². The molecule has 0 spiro atoms. The Hall–Kier alpha value is -3.19. The van der Waals surface area contributed by atoms with Crippen LogP contribution in [0, 0.1) is 5.82 Å². The van der Waals surface area contributed by atoms with E-state index in [0.29, 0.717) is 17.9 Å². The van der Waals surface area contributed by atoms with Crippen LogP contribution in [0.2, 0.25) is 0 Å². The first-order valence-corrected chi connectivity index (χ1v) is 8.41. The predicted octanol–water partition coefficient (Wildman–Crippen LogP) is 3.26. The van der Waals surface area contributed by atoms with Gasteiger partial charge >= 0.3 is 12.0 Å². The van der Waals surface area contributed by atoms with Gasteiger partial charge in [0.05, 0.1) is 12.7 Å². The quantitative estimate of drug-likeness (QED) is 0.514. The highest BCUT2D eigenvalue weighted by atomic mass is 19.1. The number of hydrogen-bond donors (Lipinski definition) is 3. The van der Waals surface area contributed by atoms with E-state index >= 15 is 0 Å². The lowest BCUT2D eigenvalue weighted by Gasteiger charge is -2.13. The van der Waals surface area contributed by atoms with Gasteiger partial charge in [0.15, 0.2) is 0 Å². The van der Waals surface area contributed by atoms with Crippen molar-refractivity contribution < 1.29 is 23.8 Å². The molecule has 0 saturated heterocycles. The first-order valence-electron chi connectivity index (χ1n) is 8.41. The van der Waals surface area contributed by atoms with Crippen molar-refractivity contribution in [1.82, 2.24) is 5.32 Å². The molecule has 0 saturated carbocycles. The van der Waals surface area contributed by atoms with Gasteiger partial charge in [0.25, 0.3) is 0 Å². The second-order valence-electron chi connectivity index (χ2n) is 5.61. The Labute approximate surface area is 156 Å². The van der Waals surface area contributed by atoms with Gasteiger partial charge in [-0.1, -0.05) is 24.3 Å². The van der Waals surface area contributed by atoms with Crippen LogP contribution in [0.3, 0.4) is 0 Å². The summed E-state index contributed by atoms with van der Waals surface area (Å²) in [5.74, 6) is -0.871. The number of benzene rings is 2. The number of halogens is 1. The number of rotatable bonds is 7. The molecule has 0 radical (unpaired) electrons. The number of esters is 1. The number of aliphatic hydroxyl groups is 1. The Balaban J connectivity index is 1.82. The molecule has 0 bridgehead atoms. The highest BCUT2D eigenvalue weighted by Gasteiger charge is 2.10. The topological polar surface area (TPSA) is 87.7 Å². The van der Waals surface area contributed by atoms with Crippen molar-refractivity contribution in [2.45, 2.75) is 13.0 Å². The summed E-state index contributed by atoms with van der Waals surface area (Å²) in [5.41, 5.74) is 1.70. The van der Waals surface area contributed by atoms with Crippen LogP contribution in [0.4, 0.5) is 14.9 Å². The third-order valence-corrected chi connectivity index (χ3v) is 3.56. The number of aliphatic hydroxyl groups excluding tert-OH is 1. The fraction of sp³-hybridized carbons (Fsp3) is 0.200. The van der Waals surface area contributed by atoms with Crippen molar-refractivity contribution in [2.24, 2.45) is 0 Å². The number of amides is 2. The molecule has 2 aromatic rings. The van der Waals surface area contributed by atoms with Crippen molar-refractivity contribution >= 4 is 23.8 Å². The molecule has 1 unspecified atom stereocenters. The zero-order valence-corrected chi connectivity index (χ0v) is 14.8. The molecule has 3 N–H and O–H groups in total. The zero-order valence-electron chi connectivity index (χ0n) is 14.8. The number of anilines is 1. The second-order valence-corrected chi connectivity index (χ2v) is 5.61. The van der Waals surface area contributed by atoms with Gasteiger partial charge in [0.2, 0.25) is 0 Å². The van der Waals surface area contributed by atoms with Gasteiger partial charge in [-0.25, -0.2) is 14.0 Å². The van der Waals surface area contributed by atoms with E-state index in [1.807, 2.05) is 0 Å². The fourth-order valence-electron chi connectivity index (χ4n) is 2.23. The van der Waals surface area contributed by atoms with E-state index in [0.717, 1.165) is 5.56 Å². The average Bonchev–Trinajstić information content (AvgIpc) is 2.66. The maximum absolute atomic E-state index is 13.1. The number of nitrogens with one attached hydrogen (secondary N) is 2. The minimum Gasteiger partial charge on any atom is -0.463 e. The summed E-state index contributed by atoms with van der Waals surface area (Å²) in [6, 6.07) is 11.9. The highest BCUT2D eigenvalue weighted by molar-refractivity contribution is 5.90. The van der Waals surface area contributed by atoms with Crippen molar-refractivity contribution in [1.29, 1.82) is 0 Å². The molecule has 0 aromatic heterocycles. The van der Waals surface area contributed by atoms with Crippen LogP contribution in [0.1, 0.15) is 24.2 Å². The molecule has 27 heavy (non-hydrogen) atoms. The molecule has 0 aliphatic heterocycles. The number of carbonyl (C=O) groups excluding carboxylic acids is 2. The molecule has 2 amide bonds. The molecule has 142 valence electrons. The SMILES string of the molecule is CCOC(=O)C=Cc1ccc(NC(=O)NCC(O)c2cccc(F)c2)cc1. The molecule has 2 rings (SSSR count). The van der Waals surface area contributed by atoms with Crippen molar-refractivity contribution in [2.75, 3.05) is 18.5 Å². The van der Waals surface area contributed by atoms with E-state index in [9.17, 15) is 19.1 Å². The average molecular weight is 372 g/mol. The smallest absolute Gasteiger partial charge is 0.330 e. The summed E-state index contributed by atoms with van der Waals surface area (Å²) >= 11 is 0. The summed E-state index contributed by atoms with van der Waals surface area (Å²) in [7, 11) is 0. The maximum atomic E-state index is 13.1. The van der Waals surface area contributed by atoms with Gasteiger partial charge in [-0.2, -0.15) is 0 Å². The van der Waals surface area contributed by atoms with Crippen LogP contribution in [-0.2, 0) is 9.53 Å². The monoisotopic (exact) mass is 372 g/mol. The first-order chi connectivity index (χ1) is 13.0. The summed E-state index contributed by atoms with van der Waals surface area (Å²) < 4.78 is 17.9. The van der Waals surface area contributed by atoms with E-state index in [1.165, 1.54) is 24.3 Å². The zero-order chi connectivity index (χ0) is 19.6. The summed E-state index contributed by atoms with van der Waals surface area (Å²) in [6.07, 6.45) is 1.92. The van der Waals surface area contributed by atoms with E-state index in [-0.39, 0.29) is 6.54 Å². The number of hydrogen-bond acceptors (Lipinski definition) is 4. The maximum Gasteiger partial charge on any atom is 0.330 e. The fourth-order valence-corrected chi connectivity index (χ4v) is 2.23. The van der Waals surface area contributed by atoms with Gasteiger partial charge in [-0.15, -0.1) is 0 Å². The Morgan fingerprint density at radius 2 is 1.96 bits per heavy atom. The molecule has 7 heteroatoms. The van der Waals surface area contributed by atoms with Gasteiger partial charge in [-0.05, 0) is 48.4 Å². The normalized spacial score (nSPS) is 11.8. The van der Waals surface area contributed by atoms with Crippen LogP contribution in [0.25, 0.3) is 6.08 Å². The van der Waals surface area contributed by atoms with Gasteiger partial charge in [-0.3, -0.25) is 0 Å². The van der Waals surface area contributed by atoms with Crippen molar-refractivity contribution in [3.05, 3.63) is 71.6 Å². The van der Waals surface area contributed by atoms with E-state index in [1.54, 1.807) is 43.3 Å². The van der Waals surface area contributed by atoms with Gasteiger partial charge in [0, 0.05) is 18.3 Å². The van der Waals surface area contributed by atoms with E-state index < -0.39 is 23.9 Å². The molecule has 0 heterocycles. The highest BCUT2D eigenvalue weighted by Crippen LogP contribution is 2.14. The molecular weight excluding hydrogens is 351 g/mol. The Bertz CT molecular complexity index is 806. The van der Waals surface area contributed by atoms with Crippen molar-refractivity contribution in [3.8, 4) is 0 Å². The largest absolute Gasteiger partial charge is 0.463 e. The molecular formula is C20H21FN2O4. The lowest BCUT2D eigenvalue weighted by atomic mass is 10.1. The summed E-state index contributed by atoms with van der Waals surface area (Å²) in [6.45, 7) is 1.99.